The van der Waals surface area contributed by atoms with Crippen LogP contribution in [0.5, 0.6) is 0 Å². The van der Waals surface area contributed by atoms with Gasteiger partial charge >= 0.3 is 0 Å². The lowest BCUT2D eigenvalue weighted by molar-refractivity contribution is -0.0443. The molecule has 4 bridgehead atoms. The Morgan fingerprint density at radius 1 is 0.480 bits per heavy atom. The maximum absolute atomic E-state index is 2.55. The van der Waals surface area contributed by atoms with Gasteiger partial charge in [0, 0.05) is 32.3 Å². The number of anilines is 3. The van der Waals surface area contributed by atoms with Crippen LogP contribution in [0, 0.1) is 23.7 Å². The van der Waals surface area contributed by atoms with Crippen molar-refractivity contribution in [2.75, 3.05) is 4.90 Å². The summed E-state index contributed by atoms with van der Waals surface area (Å²) in [4.78, 5) is 5.41. The Kier molecular flexibility index (Phi) is 6.90. The fourth-order valence-corrected chi connectivity index (χ4v) is 12.9. The molecule has 1 nitrogen and oxygen atoms in total. The number of rotatable bonds is 4. The molecule has 0 atom stereocenters. The minimum absolute atomic E-state index is 0.168. The molecule has 6 aliphatic rings. The Labute approximate surface area is 303 Å². The van der Waals surface area contributed by atoms with E-state index >= 15 is 0 Å². The third kappa shape index (κ3) is 4.59. The first kappa shape index (κ1) is 31.0. The van der Waals surface area contributed by atoms with Crippen molar-refractivity contribution >= 4 is 28.8 Å². The average Bonchev–Trinajstić information content (AvgIpc) is 3.12. The number of fused-ring (bicyclic) bond motifs is 3. The van der Waals surface area contributed by atoms with Crippen LogP contribution in [-0.2, 0) is 16.2 Å². The molecule has 0 amide bonds. The van der Waals surface area contributed by atoms with Crippen molar-refractivity contribution in [3.63, 3.8) is 0 Å². The summed E-state index contributed by atoms with van der Waals surface area (Å²) < 4.78 is 0. The quantitative estimate of drug-likeness (QED) is 0.187. The fraction of sp³-hybridized carbons (Fsp3) is 0.375. The first-order valence-electron chi connectivity index (χ1n) is 19.2. The summed E-state index contributed by atoms with van der Waals surface area (Å²) in [6, 6.07) is 44.5. The molecule has 0 unspecified atom stereocenters. The zero-order chi connectivity index (χ0) is 33.8. The standard InChI is InChI=1S/C48H49NS/c1-46(2)22-23-47(3,4)43-29-34(16-20-40(43)46)33-14-17-38(18-15-33)49(37-10-6-5-7-11-37)39-19-21-42-45(30-39)50-44-13-9-8-12-41(44)48(42)35-25-31-24-32(27-35)28-36(48)26-31/h5-21,29-32,35-36H,22-28H2,1-4H3. The van der Waals surface area contributed by atoms with E-state index in [9.17, 15) is 0 Å². The van der Waals surface area contributed by atoms with Crippen LogP contribution in [-0.4, -0.2) is 0 Å². The van der Waals surface area contributed by atoms with E-state index in [4.69, 9.17) is 0 Å². The van der Waals surface area contributed by atoms with Gasteiger partial charge in [-0.3, -0.25) is 0 Å². The molecule has 0 saturated heterocycles. The zero-order valence-electron chi connectivity index (χ0n) is 30.1. The van der Waals surface area contributed by atoms with Crippen molar-refractivity contribution in [1.29, 1.82) is 0 Å². The topological polar surface area (TPSA) is 3.24 Å². The molecule has 5 aromatic carbocycles. The highest BCUT2D eigenvalue weighted by atomic mass is 32.2. The van der Waals surface area contributed by atoms with Gasteiger partial charge < -0.3 is 4.90 Å². The smallest absolute Gasteiger partial charge is 0.0473 e. The Hall–Kier alpha value is -3.75. The minimum Gasteiger partial charge on any atom is -0.310 e. The number of nitrogens with zero attached hydrogens (tertiary/aromatic N) is 1. The van der Waals surface area contributed by atoms with Gasteiger partial charge in [0.2, 0.25) is 0 Å². The van der Waals surface area contributed by atoms with Crippen LogP contribution in [0.3, 0.4) is 0 Å². The predicted octanol–water partition coefficient (Wildman–Crippen LogP) is 13.4. The van der Waals surface area contributed by atoms with Crippen LogP contribution in [0.25, 0.3) is 11.1 Å². The molecule has 252 valence electrons. The van der Waals surface area contributed by atoms with E-state index in [-0.39, 0.29) is 16.2 Å². The summed E-state index contributed by atoms with van der Waals surface area (Å²) in [6.07, 6.45) is 9.61. The summed E-state index contributed by atoms with van der Waals surface area (Å²) in [5.41, 5.74) is 13.1. The maximum Gasteiger partial charge on any atom is 0.0473 e. The lowest BCUT2D eigenvalue weighted by Crippen LogP contribution is -2.57. The minimum atomic E-state index is 0.168. The second-order valence-electron chi connectivity index (χ2n) is 17.7. The summed E-state index contributed by atoms with van der Waals surface area (Å²) in [7, 11) is 0. The number of benzene rings is 5. The average molecular weight is 672 g/mol. The lowest BCUT2D eigenvalue weighted by Gasteiger charge is -2.63. The first-order valence-corrected chi connectivity index (χ1v) is 20.0. The Morgan fingerprint density at radius 3 is 1.76 bits per heavy atom. The predicted molar refractivity (Wildman–Crippen MR) is 210 cm³/mol. The van der Waals surface area contributed by atoms with Gasteiger partial charge in [-0.05, 0) is 155 Å². The largest absolute Gasteiger partial charge is 0.310 e. The van der Waals surface area contributed by atoms with Crippen LogP contribution in [0.4, 0.5) is 17.1 Å². The van der Waals surface area contributed by atoms with Gasteiger partial charge in [0.1, 0.15) is 0 Å². The SMILES string of the molecule is CC1(C)CCC(C)(C)c2cc(-c3ccc(N(c4ccccc4)c4ccc5c(c4)Sc4ccccc4C54C5CC6CC(C5)CC4C6)cc3)ccc21. The van der Waals surface area contributed by atoms with Crippen LogP contribution < -0.4 is 4.90 Å². The van der Waals surface area contributed by atoms with Gasteiger partial charge in [-0.25, -0.2) is 0 Å². The van der Waals surface area contributed by atoms with Crippen LogP contribution in [0.2, 0.25) is 0 Å². The normalized spacial score (nSPS) is 27.8. The second-order valence-corrected chi connectivity index (χ2v) is 18.8. The summed E-state index contributed by atoms with van der Waals surface area (Å²) in [5.74, 6) is 3.43. The van der Waals surface area contributed by atoms with Crippen molar-refractivity contribution in [3.05, 3.63) is 138 Å². The van der Waals surface area contributed by atoms with E-state index in [0.717, 1.165) is 23.7 Å². The van der Waals surface area contributed by atoms with E-state index < -0.39 is 0 Å². The van der Waals surface area contributed by atoms with E-state index in [1.807, 2.05) is 11.8 Å². The van der Waals surface area contributed by atoms with E-state index in [1.54, 1.807) is 11.1 Å². The molecule has 0 N–H and O–H groups in total. The third-order valence-electron chi connectivity index (χ3n) is 14.0. The van der Waals surface area contributed by atoms with Gasteiger partial charge in [0.15, 0.2) is 0 Å². The highest BCUT2D eigenvalue weighted by Gasteiger charge is 2.60. The van der Waals surface area contributed by atoms with Crippen molar-refractivity contribution in [2.45, 2.75) is 98.7 Å². The molecule has 50 heavy (non-hydrogen) atoms. The van der Waals surface area contributed by atoms with Crippen LogP contribution >= 0.6 is 11.8 Å². The van der Waals surface area contributed by atoms with Gasteiger partial charge in [0.25, 0.3) is 0 Å². The highest BCUT2D eigenvalue weighted by Crippen LogP contribution is 2.69. The summed E-state index contributed by atoms with van der Waals surface area (Å²) >= 11 is 2.01. The molecule has 11 rings (SSSR count). The zero-order valence-corrected chi connectivity index (χ0v) is 30.9. The van der Waals surface area contributed by atoms with Crippen molar-refractivity contribution in [3.8, 4) is 11.1 Å². The third-order valence-corrected chi connectivity index (χ3v) is 15.1. The number of hydrogen-bond acceptors (Lipinski definition) is 2. The first-order chi connectivity index (χ1) is 24.2. The van der Waals surface area contributed by atoms with Crippen molar-refractivity contribution < 1.29 is 0 Å². The van der Waals surface area contributed by atoms with Crippen LogP contribution in [0.1, 0.15) is 94.9 Å². The van der Waals surface area contributed by atoms with E-state index in [1.165, 1.54) is 94.1 Å². The molecule has 1 spiro atoms. The Bertz CT molecular complexity index is 2080. The van der Waals surface area contributed by atoms with Gasteiger partial charge in [-0.1, -0.05) is 112 Å². The molecule has 4 fully saturated rings. The summed E-state index contributed by atoms with van der Waals surface area (Å²) in [5, 5.41) is 0. The van der Waals surface area contributed by atoms with Crippen LogP contribution in [0.15, 0.2) is 125 Å². The van der Waals surface area contributed by atoms with Gasteiger partial charge in [-0.15, -0.1) is 0 Å². The molecule has 1 heterocycles. The second kappa shape index (κ2) is 11.1. The Morgan fingerprint density at radius 2 is 1.04 bits per heavy atom. The molecule has 0 aromatic heterocycles. The summed E-state index contributed by atoms with van der Waals surface area (Å²) in [6.45, 7) is 9.67. The maximum atomic E-state index is 2.55. The molecular weight excluding hydrogens is 623 g/mol. The highest BCUT2D eigenvalue weighted by molar-refractivity contribution is 7.99. The lowest BCUT2D eigenvalue weighted by atomic mass is 9.42. The molecule has 1 aliphatic heterocycles. The monoisotopic (exact) mass is 671 g/mol. The van der Waals surface area contributed by atoms with Gasteiger partial charge in [0.05, 0.1) is 0 Å². The number of para-hydroxylation sites is 1. The molecule has 5 aliphatic carbocycles. The molecule has 0 radical (unpaired) electrons. The molecule has 2 heteroatoms. The Balaban J connectivity index is 1.06. The van der Waals surface area contributed by atoms with E-state index in [0.29, 0.717) is 0 Å². The molecular formula is C48H49NS. The number of hydrogen-bond donors (Lipinski definition) is 0. The van der Waals surface area contributed by atoms with Gasteiger partial charge in [-0.2, -0.15) is 0 Å². The van der Waals surface area contributed by atoms with Crippen molar-refractivity contribution in [1.82, 2.24) is 0 Å². The molecule has 5 aromatic rings. The van der Waals surface area contributed by atoms with Crippen molar-refractivity contribution in [2.24, 2.45) is 23.7 Å². The fourth-order valence-electron chi connectivity index (χ4n) is 11.6. The molecule has 4 saturated carbocycles. The van der Waals surface area contributed by atoms with E-state index in [2.05, 4.69) is 148 Å².